The second-order valence-electron chi connectivity index (χ2n) is 3.83. The standard InChI is InChI=1S/C12H14N4O3/c1-2-7-18-9-5-3-8(4-6-9)14-12(17)10-11(13)16-19-15-10/h3-6H,2,7H2,1H3,(H2,13,16)(H,14,17). The Morgan fingerprint density at radius 1 is 1.37 bits per heavy atom. The Labute approximate surface area is 109 Å². The van der Waals surface area contributed by atoms with E-state index in [2.05, 4.69) is 20.3 Å². The summed E-state index contributed by atoms with van der Waals surface area (Å²) in [5.41, 5.74) is 6.00. The smallest absolute Gasteiger partial charge is 0.281 e. The maximum absolute atomic E-state index is 11.8. The summed E-state index contributed by atoms with van der Waals surface area (Å²) in [5, 5.41) is 9.39. The van der Waals surface area contributed by atoms with Gasteiger partial charge in [0, 0.05) is 5.69 Å². The fourth-order valence-electron chi connectivity index (χ4n) is 1.40. The van der Waals surface area contributed by atoms with Gasteiger partial charge >= 0.3 is 0 Å². The molecule has 0 aliphatic carbocycles. The molecule has 0 spiro atoms. The molecule has 0 atom stereocenters. The molecule has 7 nitrogen and oxygen atoms in total. The zero-order valence-corrected chi connectivity index (χ0v) is 10.4. The van der Waals surface area contributed by atoms with Crippen LogP contribution in [0.2, 0.25) is 0 Å². The van der Waals surface area contributed by atoms with Crippen LogP contribution in [0.15, 0.2) is 28.9 Å². The molecule has 0 bridgehead atoms. The predicted octanol–water partition coefficient (Wildman–Crippen LogP) is 1.69. The summed E-state index contributed by atoms with van der Waals surface area (Å²) in [7, 11) is 0. The third-order valence-electron chi connectivity index (χ3n) is 2.31. The van der Waals surface area contributed by atoms with Crippen LogP contribution >= 0.6 is 0 Å². The van der Waals surface area contributed by atoms with Crippen molar-refractivity contribution < 1.29 is 14.2 Å². The number of anilines is 2. The lowest BCUT2D eigenvalue weighted by molar-refractivity contribution is 0.101. The third-order valence-corrected chi connectivity index (χ3v) is 2.31. The van der Waals surface area contributed by atoms with E-state index in [4.69, 9.17) is 10.5 Å². The fraction of sp³-hybridized carbons (Fsp3) is 0.250. The van der Waals surface area contributed by atoms with Gasteiger partial charge in [-0.3, -0.25) is 4.79 Å². The van der Waals surface area contributed by atoms with Crippen LogP contribution in [0.5, 0.6) is 5.75 Å². The van der Waals surface area contributed by atoms with Crippen molar-refractivity contribution in [1.29, 1.82) is 0 Å². The van der Waals surface area contributed by atoms with Gasteiger partial charge in [-0.2, -0.15) is 0 Å². The van der Waals surface area contributed by atoms with E-state index in [0.717, 1.165) is 12.2 Å². The maximum atomic E-state index is 11.8. The van der Waals surface area contributed by atoms with E-state index in [1.165, 1.54) is 0 Å². The number of rotatable bonds is 5. The van der Waals surface area contributed by atoms with Gasteiger partial charge in [-0.15, -0.1) is 0 Å². The Morgan fingerprint density at radius 3 is 2.68 bits per heavy atom. The highest BCUT2D eigenvalue weighted by Crippen LogP contribution is 2.17. The van der Waals surface area contributed by atoms with Crippen molar-refractivity contribution in [3.63, 3.8) is 0 Å². The van der Waals surface area contributed by atoms with E-state index >= 15 is 0 Å². The number of nitrogen functional groups attached to an aromatic ring is 1. The molecule has 2 aromatic rings. The molecule has 0 saturated carbocycles. The van der Waals surface area contributed by atoms with Crippen molar-refractivity contribution in [1.82, 2.24) is 10.3 Å². The topological polar surface area (TPSA) is 103 Å². The number of nitrogens with two attached hydrogens (primary N) is 1. The van der Waals surface area contributed by atoms with Gasteiger partial charge in [-0.1, -0.05) is 6.92 Å². The van der Waals surface area contributed by atoms with Crippen LogP contribution in [-0.4, -0.2) is 22.8 Å². The Balaban J connectivity index is 2.00. The summed E-state index contributed by atoms with van der Waals surface area (Å²) >= 11 is 0. The Hall–Kier alpha value is -2.57. The van der Waals surface area contributed by atoms with Crippen molar-refractivity contribution in [3.8, 4) is 5.75 Å². The minimum Gasteiger partial charge on any atom is -0.494 e. The lowest BCUT2D eigenvalue weighted by Gasteiger charge is -2.06. The Kier molecular flexibility index (Phi) is 3.97. The van der Waals surface area contributed by atoms with Crippen LogP contribution in [0, 0.1) is 0 Å². The van der Waals surface area contributed by atoms with Gasteiger partial charge < -0.3 is 15.8 Å². The van der Waals surface area contributed by atoms with Gasteiger partial charge in [0.1, 0.15) is 5.75 Å². The molecule has 0 unspecified atom stereocenters. The second-order valence-corrected chi connectivity index (χ2v) is 3.83. The fourth-order valence-corrected chi connectivity index (χ4v) is 1.40. The van der Waals surface area contributed by atoms with Crippen LogP contribution in [0.3, 0.4) is 0 Å². The molecule has 0 fully saturated rings. The second kappa shape index (κ2) is 5.85. The van der Waals surface area contributed by atoms with E-state index in [0.29, 0.717) is 12.3 Å². The van der Waals surface area contributed by atoms with Crippen LogP contribution in [0.25, 0.3) is 0 Å². The molecule has 100 valence electrons. The number of ether oxygens (including phenoxy) is 1. The van der Waals surface area contributed by atoms with E-state index in [1.54, 1.807) is 24.3 Å². The number of benzene rings is 1. The summed E-state index contributed by atoms with van der Waals surface area (Å²) in [6, 6.07) is 7.00. The van der Waals surface area contributed by atoms with Crippen LogP contribution in [0.1, 0.15) is 23.8 Å². The molecule has 0 radical (unpaired) electrons. The van der Waals surface area contributed by atoms with Crippen molar-refractivity contribution >= 4 is 17.4 Å². The molecular formula is C12H14N4O3. The number of amides is 1. The molecule has 1 amide bonds. The van der Waals surface area contributed by atoms with Gasteiger partial charge in [-0.05, 0) is 41.0 Å². The molecule has 2 rings (SSSR count). The molecule has 0 aliphatic heterocycles. The van der Waals surface area contributed by atoms with Crippen molar-refractivity contribution in [2.24, 2.45) is 0 Å². The van der Waals surface area contributed by atoms with Gasteiger partial charge in [0.25, 0.3) is 5.91 Å². The number of carbonyl (C=O) groups is 1. The Bertz CT molecular complexity index is 550. The quantitative estimate of drug-likeness (QED) is 0.849. The van der Waals surface area contributed by atoms with E-state index in [9.17, 15) is 4.79 Å². The number of nitrogens with zero attached hydrogens (tertiary/aromatic N) is 2. The number of aromatic nitrogens is 2. The number of hydrogen-bond acceptors (Lipinski definition) is 6. The maximum Gasteiger partial charge on any atom is 0.281 e. The molecule has 0 saturated heterocycles. The third kappa shape index (κ3) is 3.21. The van der Waals surface area contributed by atoms with E-state index in [-0.39, 0.29) is 11.5 Å². The van der Waals surface area contributed by atoms with Crippen molar-refractivity contribution in [2.45, 2.75) is 13.3 Å². The summed E-state index contributed by atoms with van der Waals surface area (Å²) in [4.78, 5) is 11.8. The van der Waals surface area contributed by atoms with Crippen LogP contribution < -0.4 is 15.8 Å². The minimum absolute atomic E-state index is 0.0358. The average Bonchev–Trinajstić information content (AvgIpc) is 2.84. The lowest BCUT2D eigenvalue weighted by Crippen LogP contribution is -2.14. The molecular weight excluding hydrogens is 248 g/mol. The first-order valence-electron chi connectivity index (χ1n) is 5.83. The normalized spacial score (nSPS) is 10.2. The van der Waals surface area contributed by atoms with Gasteiger partial charge in [0.05, 0.1) is 6.61 Å². The number of hydrogen-bond donors (Lipinski definition) is 2. The summed E-state index contributed by atoms with van der Waals surface area (Å²) in [6.07, 6.45) is 0.941. The number of carbonyl (C=O) groups excluding carboxylic acids is 1. The van der Waals surface area contributed by atoms with E-state index < -0.39 is 5.91 Å². The first-order chi connectivity index (χ1) is 9.20. The molecule has 7 heteroatoms. The molecule has 0 aliphatic rings. The Morgan fingerprint density at radius 2 is 2.11 bits per heavy atom. The monoisotopic (exact) mass is 262 g/mol. The minimum atomic E-state index is -0.471. The predicted molar refractivity (Wildman–Crippen MR) is 68.9 cm³/mol. The molecule has 1 aromatic carbocycles. The summed E-state index contributed by atoms with van der Waals surface area (Å²) in [6.45, 7) is 2.69. The highest BCUT2D eigenvalue weighted by molar-refractivity contribution is 6.05. The largest absolute Gasteiger partial charge is 0.494 e. The van der Waals surface area contributed by atoms with Gasteiger partial charge in [-0.25, -0.2) is 4.63 Å². The zero-order chi connectivity index (χ0) is 13.7. The van der Waals surface area contributed by atoms with Crippen molar-refractivity contribution in [3.05, 3.63) is 30.0 Å². The van der Waals surface area contributed by atoms with E-state index in [1.807, 2.05) is 6.92 Å². The van der Waals surface area contributed by atoms with Crippen LogP contribution in [0.4, 0.5) is 11.5 Å². The molecule has 1 aromatic heterocycles. The van der Waals surface area contributed by atoms with Crippen LogP contribution in [-0.2, 0) is 0 Å². The first kappa shape index (κ1) is 12.9. The highest BCUT2D eigenvalue weighted by atomic mass is 16.6. The SMILES string of the molecule is CCCOc1ccc(NC(=O)c2nonc2N)cc1. The summed E-state index contributed by atoms with van der Waals surface area (Å²) in [5.74, 6) is 0.240. The molecule has 3 N–H and O–H groups in total. The van der Waals surface area contributed by atoms with Crippen molar-refractivity contribution in [2.75, 3.05) is 17.7 Å². The summed E-state index contributed by atoms with van der Waals surface area (Å²) < 4.78 is 9.80. The average molecular weight is 262 g/mol. The molecule has 1 heterocycles. The number of nitrogens with one attached hydrogen (secondary N) is 1. The first-order valence-corrected chi connectivity index (χ1v) is 5.83. The lowest BCUT2D eigenvalue weighted by atomic mass is 10.3. The van der Waals surface area contributed by atoms with Gasteiger partial charge in [0.15, 0.2) is 0 Å². The molecule has 19 heavy (non-hydrogen) atoms. The van der Waals surface area contributed by atoms with Gasteiger partial charge in [0.2, 0.25) is 11.5 Å². The highest BCUT2D eigenvalue weighted by Gasteiger charge is 2.15. The zero-order valence-electron chi connectivity index (χ0n) is 10.4.